The van der Waals surface area contributed by atoms with E-state index in [0.717, 1.165) is 14.6 Å². The summed E-state index contributed by atoms with van der Waals surface area (Å²) < 4.78 is 1.79. The topological polar surface area (TPSA) is 76.2 Å². The lowest BCUT2D eigenvalue weighted by atomic mass is 10.2. The summed E-state index contributed by atoms with van der Waals surface area (Å²) >= 11 is 8.88. The fourth-order valence-electron chi connectivity index (χ4n) is 1.86. The van der Waals surface area contributed by atoms with Gasteiger partial charge in [0.05, 0.1) is 20.8 Å². The Morgan fingerprint density at radius 2 is 2.10 bits per heavy atom. The van der Waals surface area contributed by atoms with Crippen LogP contribution < -0.4 is 5.73 Å². The van der Waals surface area contributed by atoms with Gasteiger partial charge in [0.1, 0.15) is 0 Å². The average molecular weight is 337 g/mol. The molecule has 0 amide bonds. The average Bonchev–Trinajstić information content (AvgIpc) is 2.83. The molecule has 0 saturated heterocycles. The molecule has 0 radical (unpaired) electrons. The number of para-hydroxylation sites is 1. The van der Waals surface area contributed by atoms with E-state index in [2.05, 4.69) is 4.98 Å². The maximum Gasteiger partial charge on any atom is 0.336 e. The van der Waals surface area contributed by atoms with Gasteiger partial charge in [0.2, 0.25) is 0 Å². The molecular formula is C14H9ClN2O2S2. The van der Waals surface area contributed by atoms with Crippen LogP contribution in [0.4, 0.5) is 5.69 Å². The molecule has 0 bridgehead atoms. The highest BCUT2D eigenvalue weighted by molar-refractivity contribution is 8.01. The molecule has 3 rings (SSSR count). The number of carbonyl (C=O) groups is 1. The van der Waals surface area contributed by atoms with Crippen molar-refractivity contribution in [1.82, 2.24) is 4.98 Å². The molecule has 1 heterocycles. The van der Waals surface area contributed by atoms with E-state index in [-0.39, 0.29) is 5.56 Å². The maximum atomic E-state index is 11.3. The molecular weight excluding hydrogens is 328 g/mol. The highest BCUT2D eigenvalue weighted by Gasteiger charge is 2.17. The summed E-state index contributed by atoms with van der Waals surface area (Å²) in [7, 11) is 0. The Bertz CT molecular complexity index is 815. The molecule has 1 aromatic heterocycles. The number of benzene rings is 2. The molecule has 4 nitrogen and oxygen atoms in total. The number of halogens is 1. The second-order valence-electron chi connectivity index (χ2n) is 4.23. The molecule has 0 unspecified atom stereocenters. The number of thiazole rings is 1. The normalized spacial score (nSPS) is 10.9. The predicted octanol–water partition coefficient (Wildman–Crippen LogP) is 4.38. The van der Waals surface area contributed by atoms with Gasteiger partial charge in [-0.3, -0.25) is 0 Å². The molecule has 21 heavy (non-hydrogen) atoms. The van der Waals surface area contributed by atoms with Gasteiger partial charge < -0.3 is 10.8 Å². The number of carboxylic acids is 1. The quantitative estimate of drug-likeness (QED) is 0.694. The van der Waals surface area contributed by atoms with Gasteiger partial charge in [0.15, 0.2) is 4.34 Å². The van der Waals surface area contributed by atoms with E-state index >= 15 is 0 Å². The summed E-state index contributed by atoms with van der Waals surface area (Å²) in [5, 5.41) is 9.60. The summed E-state index contributed by atoms with van der Waals surface area (Å²) in [6.07, 6.45) is 0. The van der Waals surface area contributed by atoms with Crippen molar-refractivity contribution in [3.05, 3.63) is 47.0 Å². The molecule has 0 aliphatic heterocycles. The Balaban J connectivity index is 2.06. The number of nitrogen functional groups attached to an aromatic ring is 1. The van der Waals surface area contributed by atoms with E-state index in [1.54, 1.807) is 6.07 Å². The summed E-state index contributed by atoms with van der Waals surface area (Å²) in [5.41, 5.74) is 6.95. The predicted molar refractivity (Wildman–Crippen MR) is 86.6 cm³/mol. The summed E-state index contributed by atoms with van der Waals surface area (Å²) in [6, 6.07) is 10.7. The van der Waals surface area contributed by atoms with E-state index in [9.17, 15) is 9.90 Å². The Labute approximate surface area is 133 Å². The van der Waals surface area contributed by atoms with Gasteiger partial charge in [-0.05, 0) is 24.3 Å². The van der Waals surface area contributed by atoms with Gasteiger partial charge >= 0.3 is 5.97 Å². The summed E-state index contributed by atoms with van der Waals surface area (Å²) in [6.45, 7) is 0. The van der Waals surface area contributed by atoms with Crippen LogP contribution in [0.5, 0.6) is 0 Å². The number of hydrogen-bond donors (Lipinski definition) is 2. The zero-order valence-electron chi connectivity index (χ0n) is 10.5. The third kappa shape index (κ3) is 2.83. The molecule has 106 valence electrons. The largest absolute Gasteiger partial charge is 0.478 e. The Morgan fingerprint density at radius 1 is 1.33 bits per heavy atom. The number of aromatic nitrogens is 1. The van der Waals surface area contributed by atoms with Crippen LogP contribution in [0, 0.1) is 0 Å². The first kappa shape index (κ1) is 14.2. The number of rotatable bonds is 3. The lowest BCUT2D eigenvalue weighted by Crippen LogP contribution is -2.01. The number of carboxylic acid groups (broad SMARTS) is 1. The van der Waals surface area contributed by atoms with Gasteiger partial charge in [-0.1, -0.05) is 35.5 Å². The Kier molecular flexibility index (Phi) is 3.75. The van der Waals surface area contributed by atoms with Crippen molar-refractivity contribution < 1.29 is 9.90 Å². The zero-order valence-corrected chi connectivity index (χ0v) is 12.9. The molecule has 0 aliphatic carbocycles. The standard InChI is InChI=1S/C14H9ClN2O2S2/c15-9-6-7(16)5-8(13(18)19)12(9)21-14-17-10-3-1-2-4-11(10)20-14/h1-6H,16H2,(H,18,19). The molecule has 2 aromatic carbocycles. The van der Waals surface area contributed by atoms with E-state index in [1.165, 1.54) is 29.2 Å². The Morgan fingerprint density at radius 3 is 2.81 bits per heavy atom. The van der Waals surface area contributed by atoms with E-state index in [0.29, 0.717) is 15.6 Å². The van der Waals surface area contributed by atoms with Crippen LogP contribution >= 0.6 is 34.7 Å². The smallest absolute Gasteiger partial charge is 0.336 e. The van der Waals surface area contributed by atoms with Crippen molar-refractivity contribution in [2.75, 3.05) is 5.73 Å². The lowest BCUT2D eigenvalue weighted by molar-refractivity contribution is 0.0693. The fourth-order valence-corrected chi connectivity index (χ4v) is 4.32. The highest BCUT2D eigenvalue weighted by Crippen LogP contribution is 2.40. The molecule has 0 spiro atoms. The first-order valence-corrected chi connectivity index (χ1v) is 7.91. The van der Waals surface area contributed by atoms with E-state index in [4.69, 9.17) is 17.3 Å². The molecule has 3 N–H and O–H groups in total. The van der Waals surface area contributed by atoms with Crippen molar-refractivity contribution in [1.29, 1.82) is 0 Å². The first-order valence-electron chi connectivity index (χ1n) is 5.90. The van der Waals surface area contributed by atoms with Gasteiger partial charge in [-0.2, -0.15) is 0 Å². The van der Waals surface area contributed by atoms with Crippen LogP contribution in [0.2, 0.25) is 5.02 Å². The maximum absolute atomic E-state index is 11.3. The van der Waals surface area contributed by atoms with Crippen molar-refractivity contribution in [2.24, 2.45) is 0 Å². The second kappa shape index (κ2) is 5.55. The van der Waals surface area contributed by atoms with Crippen LogP contribution in [-0.2, 0) is 0 Å². The van der Waals surface area contributed by atoms with Gasteiger partial charge in [-0.25, -0.2) is 9.78 Å². The van der Waals surface area contributed by atoms with Crippen LogP contribution in [0.3, 0.4) is 0 Å². The summed E-state index contributed by atoms with van der Waals surface area (Å²) in [5.74, 6) is -1.06. The van der Waals surface area contributed by atoms with E-state index < -0.39 is 5.97 Å². The Hall–Kier alpha value is -1.76. The van der Waals surface area contributed by atoms with Crippen molar-refractivity contribution in [3.63, 3.8) is 0 Å². The third-order valence-corrected chi connectivity index (χ3v) is 5.41. The molecule has 0 aliphatic rings. The minimum absolute atomic E-state index is 0.0873. The van der Waals surface area contributed by atoms with E-state index in [1.807, 2.05) is 24.3 Å². The van der Waals surface area contributed by atoms with Gasteiger partial charge in [0.25, 0.3) is 0 Å². The molecule has 7 heteroatoms. The number of anilines is 1. The monoisotopic (exact) mass is 336 g/mol. The SMILES string of the molecule is Nc1cc(Cl)c(Sc2nc3ccccc3s2)c(C(=O)O)c1. The molecule has 0 fully saturated rings. The number of hydrogen-bond acceptors (Lipinski definition) is 5. The van der Waals surface area contributed by atoms with Crippen molar-refractivity contribution in [2.45, 2.75) is 9.24 Å². The number of nitrogens with two attached hydrogens (primary N) is 1. The summed E-state index contributed by atoms with van der Waals surface area (Å²) in [4.78, 5) is 16.3. The zero-order chi connectivity index (χ0) is 15.0. The third-order valence-electron chi connectivity index (χ3n) is 2.76. The highest BCUT2D eigenvalue weighted by atomic mass is 35.5. The fraction of sp³-hybridized carbons (Fsp3) is 0. The van der Waals surface area contributed by atoms with Crippen molar-refractivity contribution in [3.8, 4) is 0 Å². The molecule has 3 aromatic rings. The minimum Gasteiger partial charge on any atom is -0.478 e. The van der Waals surface area contributed by atoms with Crippen LogP contribution in [0.25, 0.3) is 10.2 Å². The van der Waals surface area contributed by atoms with Crippen molar-refractivity contribution >= 4 is 56.6 Å². The van der Waals surface area contributed by atoms with Gasteiger partial charge in [-0.15, -0.1) is 11.3 Å². The minimum atomic E-state index is -1.06. The first-order chi connectivity index (χ1) is 10.0. The van der Waals surface area contributed by atoms with Crippen LogP contribution in [-0.4, -0.2) is 16.1 Å². The molecule has 0 atom stereocenters. The number of nitrogens with zero attached hydrogens (tertiary/aromatic N) is 1. The lowest BCUT2D eigenvalue weighted by Gasteiger charge is -2.07. The molecule has 0 saturated carbocycles. The second-order valence-corrected chi connectivity index (χ2v) is 6.93. The van der Waals surface area contributed by atoms with Crippen LogP contribution in [0.1, 0.15) is 10.4 Å². The van der Waals surface area contributed by atoms with Gasteiger partial charge in [0, 0.05) is 10.6 Å². The van der Waals surface area contributed by atoms with Crippen LogP contribution in [0.15, 0.2) is 45.6 Å². The number of fused-ring (bicyclic) bond motifs is 1. The number of aromatic carboxylic acids is 1.